The summed E-state index contributed by atoms with van der Waals surface area (Å²) in [5.74, 6) is 0.760. The van der Waals surface area contributed by atoms with Crippen LogP contribution in [0.15, 0.2) is 72.9 Å². The number of imidazole rings is 1. The van der Waals surface area contributed by atoms with Crippen molar-refractivity contribution in [2.45, 2.75) is 25.4 Å². The Hall–Kier alpha value is -2.96. The third kappa shape index (κ3) is 4.65. The number of aromatic amines is 1. The van der Waals surface area contributed by atoms with E-state index in [2.05, 4.69) is 57.3 Å². The Kier molecular flexibility index (Phi) is 6.79. The van der Waals surface area contributed by atoms with Crippen molar-refractivity contribution >= 4 is 11.6 Å². The highest BCUT2D eigenvalue weighted by Gasteiger charge is 2.24. The van der Waals surface area contributed by atoms with Gasteiger partial charge in [0.25, 0.3) is 0 Å². The Morgan fingerprint density at radius 3 is 2.62 bits per heavy atom. The maximum Gasteiger partial charge on any atom is 0.139 e. The summed E-state index contributed by atoms with van der Waals surface area (Å²) >= 11 is 6.57. The summed E-state index contributed by atoms with van der Waals surface area (Å²) in [6.07, 6.45) is 3.56. The summed E-state index contributed by atoms with van der Waals surface area (Å²) in [5, 5.41) is 19.8. The van der Waals surface area contributed by atoms with Gasteiger partial charge in [0.1, 0.15) is 5.82 Å². The highest BCUT2D eigenvalue weighted by molar-refractivity contribution is 6.33. The Balaban J connectivity index is 1.40. The molecule has 5 rings (SSSR count). The van der Waals surface area contributed by atoms with Gasteiger partial charge in [-0.15, -0.1) is 0 Å². The van der Waals surface area contributed by atoms with Crippen LogP contribution in [0.2, 0.25) is 5.02 Å². The first-order valence-corrected chi connectivity index (χ1v) is 12.0. The van der Waals surface area contributed by atoms with Crippen molar-refractivity contribution in [3.8, 4) is 22.6 Å². The summed E-state index contributed by atoms with van der Waals surface area (Å²) < 4.78 is 0. The molecular formula is C28H28ClN3O2. The Labute approximate surface area is 204 Å². The predicted molar refractivity (Wildman–Crippen MR) is 136 cm³/mol. The number of nitrogens with zero attached hydrogens (tertiary/aromatic N) is 2. The molecule has 174 valence electrons. The van der Waals surface area contributed by atoms with Crippen molar-refractivity contribution in [3.63, 3.8) is 0 Å². The molecule has 0 radical (unpaired) electrons. The molecule has 1 aromatic heterocycles. The summed E-state index contributed by atoms with van der Waals surface area (Å²) in [7, 11) is 0. The molecular weight excluding hydrogens is 446 g/mol. The molecule has 3 N–H and O–H groups in total. The second-order valence-electron chi connectivity index (χ2n) is 8.80. The molecule has 5 nitrogen and oxygen atoms in total. The van der Waals surface area contributed by atoms with Crippen molar-refractivity contribution in [3.05, 3.63) is 100 Å². The monoisotopic (exact) mass is 473 g/mol. The van der Waals surface area contributed by atoms with Crippen LogP contribution < -0.4 is 0 Å². The van der Waals surface area contributed by atoms with E-state index in [-0.39, 0.29) is 19.3 Å². The number of hydrogen-bond acceptors (Lipinski definition) is 4. The molecule has 0 aliphatic carbocycles. The molecule has 0 saturated carbocycles. The van der Waals surface area contributed by atoms with E-state index in [0.717, 1.165) is 48.6 Å². The third-order valence-corrected chi connectivity index (χ3v) is 7.00. The fourth-order valence-electron chi connectivity index (χ4n) is 4.78. The van der Waals surface area contributed by atoms with E-state index in [1.165, 1.54) is 22.3 Å². The summed E-state index contributed by atoms with van der Waals surface area (Å²) in [6, 6.07) is 22.5. The number of halogens is 1. The number of H-pyrrole nitrogens is 1. The lowest BCUT2D eigenvalue weighted by Crippen LogP contribution is -2.43. The first kappa shape index (κ1) is 22.8. The molecule has 2 heterocycles. The van der Waals surface area contributed by atoms with E-state index in [9.17, 15) is 10.2 Å². The van der Waals surface area contributed by atoms with Gasteiger partial charge >= 0.3 is 0 Å². The molecule has 1 aliphatic rings. The molecule has 0 saturated heterocycles. The van der Waals surface area contributed by atoms with E-state index >= 15 is 0 Å². The molecule has 0 amide bonds. The highest BCUT2D eigenvalue weighted by atomic mass is 35.5. The van der Waals surface area contributed by atoms with Crippen molar-refractivity contribution in [1.82, 2.24) is 14.9 Å². The van der Waals surface area contributed by atoms with Crippen LogP contribution in [-0.2, 0) is 19.4 Å². The largest absolute Gasteiger partial charge is 0.395 e. The van der Waals surface area contributed by atoms with Gasteiger partial charge in [-0.1, -0.05) is 66.2 Å². The fourth-order valence-corrected chi connectivity index (χ4v) is 4.99. The average molecular weight is 474 g/mol. The second-order valence-corrected chi connectivity index (χ2v) is 9.20. The SMILES string of the molecule is OCC(CO)N1CCc2c(Cc3ccc(Cl)c(-c4ncc(-c5ccccc5)[nH]4)c3)cccc2C1. The summed E-state index contributed by atoms with van der Waals surface area (Å²) in [6.45, 7) is 1.52. The molecule has 34 heavy (non-hydrogen) atoms. The molecule has 0 bridgehead atoms. The molecule has 0 atom stereocenters. The molecule has 0 unspecified atom stereocenters. The van der Waals surface area contributed by atoms with Crippen molar-refractivity contribution in [2.24, 2.45) is 0 Å². The van der Waals surface area contributed by atoms with Crippen LogP contribution in [-0.4, -0.2) is 50.9 Å². The number of aliphatic hydroxyl groups is 2. The lowest BCUT2D eigenvalue weighted by Gasteiger charge is -2.34. The highest BCUT2D eigenvalue weighted by Crippen LogP contribution is 2.31. The van der Waals surface area contributed by atoms with E-state index in [0.29, 0.717) is 5.02 Å². The van der Waals surface area contributed by atoms with Gasteiger partial charge in [0.2, 0.25) is 0 Å². The minimum absolute atomic E-state index is 0.0299. The lowest BCUT2D eigenvalue weighted by molar-refractivity contribution is 0.0650. The minimum atomic E-state index is -0.204. The number of nitrogens with one attached hydrogen (secondary N) is 1. The number of rotatable bonds is 7. The van der Waals surface area contributed by atoms with Gasteiger partial charge in [-0.2, -0.15) is 0 Å². The Bertz CT molecular complexity index is 1270. The molecule has 4 aromatic rings. The number of fused-ring (bicyclic) bond motifs is 1. The third-order valence-electron chi connectivity index (χ3n) is 6.67. The minimum Gasteiger partial charge on any atom is -0.395 e. The van der Waals surface area contributed by atoms with E-state index in [4.69, 9.17) is 11.6 Å². The van der Waals surface area contributed by atoms with Gasteiger partial charge in [-0.25, -0.2) is 4.98 Å². The zero-order valence-electron chi connectivity index (χ0n) is 18.9. The predicted octanol–water partition coefficient (Wildman–Crippen LogP) is 4.70. The van der Waals surface area contributed by atoms with Crippen LogP contribution in [0.1, 0.15) is 22.3 Å². The standard InChI is InChI=1S/C28H28ClN3O2/c29-26-10-9-19(14-25(26)28-30-15-27(31-28)20-5-2-1-3-6-20)13-21-7-4-8-22-16-32(12-11-24(21)22)23(17-33)18-34/h1-10,14-15,23,33-34H,11-13,16-18H2,(H,30,31). The normalized spacial score (nSPS) is 13.9. The zero-order chi connectivity index (χ0) is 23.5. The van der Waals surface area contributed by atoms with Crippen LogP contribution in [0.3, 0.4) is 0 Å². The van der Waals surface area contributed by atoms with Gasteiger partial charge in [-0.05, 0) is 52.8 Å². The van der Waals surface area contributed by atoms with E-state index in [1.807, 2.05) is 30.5 Å². The van der Waals surface area contributed by atoms with Crippen LogP contribution in [0.4, 0.5) is 0 Å². The topological polar surface area (TPSA) is 72.4 Å². The first-order chi connectivity index (χ1) is 16.7. The van der Waals surface area contributed by atoms with Crippen LogP contribution in [0.5, 0.6) is 0 Å². The van der Waals surface area contributed by atoms with Gasteiger partial charge in [0, 0.05) is 18.7 Å². The van der Waals surface area contributed by atoms with E-state index in [1.54, 1.807) is 0 Å². The number of hydrogen-bond donors (Lipinski definition) is 3. The lowest BCUT2D eigenvalue weighted by atomic mass is 9.90. The van der Waals surface area contributed by atoms with Crippen molar-refractivity contribution in [2.75, 3.05) is 19.8 Å². The Morgan fingerprint density at radius 1 is 1.00 bits per heavy atom. The Morgan fingerprint density at radius 2 is 1.82 bits per heavy atom. The van der Waals surface area contributed by atoms with Gasteiger partial charge in [-0.3, -0.25) is 4.90 Å². The zero-order valence-corrected chi connectivity index (χ0v) is 19.7. The van der Waals surface area contributed by atoms with Crippen LogP contribution >= 0.6 is 11.6 Å². The van der Waals surface area contributed by atoms with Crippen molar-refractivity contribution in [1.29, 1.82) is 0 Å². The maximum atomic E-state index is 9.56. The van der Waals surface area contributed by atoms with Gasteiger partial charge < -0.3 is 15.2 Å². The van der Waals surface area contributed by atoms with Crippen molar-refractivity contribution < 1.29 is 10.2 Å². The smallest absolute Gasteiger partial charge is 0.139 e. The average Bonchev–Trinajstić information content (AvgIpc) is 3.37. The molecule has 3 aromatic carbocycles. The number of benzene rings is 3. The van der Waals surface area contributed by atoms with Crippen LogP contribution in [0, 0.1) is 0 Å². The summed E-state index contributed by atoms with van der Waals surface area (Å²) in [4.78, 5) is 10.2. The van der Waals surface area contributed by atoms with E-state index < -0.39 is 0 Å². The molecule has 0 fully saturated rings. The second kappa shape index (κ2) is 10.1. The van der Waals surface area contributed by atoms with Gasteiger partial charge in [0.05, 0.1) is 36.2 Å². The number of aliphatic hydroxyl groups excluding tert-OH is 2. The van der Waals surface area contributed by atoms with Gasteiger partial charge in [0.15, 0.2) is 0 Å². The molecule has 1 aliphatic heterocycles. The quantitative estimate of drug-likeness (QED) is 0.364. The molecule has 0 spiro atoms. The fraction of sp³-hybridized carbons (Fsp3) is 0.250. The molecule has 6 heteroatoms. The first-order valence-electron chi connectivity index (χ1n) is 11.6. The van der Waals surface area contributed by atoms with Crippen LogP contribution in [0.25, 0.3) is 22.6 Å². The maximum absolute atomic E-state index is 9.56. The number of aromatic nitrogens is 2. The summed E-state index contributed by atoms with van der Waals surface area (Å²) in [5.41, 5.74) is 8.06.